The molecule has 21 heavy (non-hydrogen) atoms. The van der Waals surface area contributed by atoms with E-state index in [0.29, 0.717) is 28.1 Å². The topological polar surface area (TPSA) is 41.6 Å². The number of aromatic nitrogens is 3. The molecule has 0 amide bonds. The van der Waals surface area contributed by atoms with E-state index in [4.69, 9.17) is 12.2 Å². The van der Waals surface area contributed by atoms with Crippen molar-refractivity contribution in [2.75, 3.05) is 0 Å². The fourth-order valence-electron chi connectivity index (χ4n) is 2.04. The standard InChI is InChI=1S/C14H14F3N3S/c1-3-4-11-19-12(8(2)13(21)20-11)9-7-18-6-5-10(9)14(15,16)17/h5-7H,3-4H2,1-2H3,(H,19,20,21). The molecule has 0 aromatic carbocycles. The fraction of sp³-hybridized carbons (Fsp3) is 0.357. The molecule has 0 saturated heterocycles. The van der Waals surface area contributed by atoms with E-state index in [1.54, 1.807) is 6.92 Å². The average Bonchev–Trinajstić information content (AvgIpc) is 2.42. The number of pyridine rings is 1. The maximum atomic E-state index is 13.1. The van der Waals surface area contributed by atoms with Crippen LogP contribution in [0.3, 0.4) is 0 Å². The summed E-state index contributed by atoms with van der Waals surface area (Å²) in [6.07, 6.45) is -0.677. The lowest BCUT2D eigenvalue weighted by molar-refractivity contribution is -0.137. The van der Waals surface area contributed by atoms with Crippen LogP contribution in [0.25, 0.3) is 11.3 Å². The zero-order valence-corrected chi connectivity index (χ0v) is 12.4. The minimum absolute atomic E-state index is 0.00615. The van der Waals surface area contributed by atoms with Crippen LogP contribution >= 0.6 is 12.2 Å². The Bertz CT molecular complexity index is 707. The second-order valence-electron chi connectivity index (χ2n) is 4.66. The zero-order valence-electron chi connectivity index (χ0n) is 11.6. The summed E-state index contributed by atoms with van der Waals surface area (Å²) in [5.41, 5.74) is 0.107. The number of aryl methyl sites for hydroxylation is 1. The molecule has 0 aliphatic heterocycles. The van der Waals surface area contributed by atoms with E-state index in [2.05, 4.69) is 15.0 Å². The molecule has 2 aromatic rings. The number of aromatic amines is 1. The number of hydrogen-bond donors (Lipinski definition) is 1. The number of halogens is 3. The molecule has 0 saturated carbocycles. The molecule has 1 N–H and O–H groups in total. The van der Waals surface area contributed by atoms with Crippen molar-refractivity contribution >= 4 is 12.2 Å². The molecule has 0 spiro atoms. The van der Waals surface area contributed by atoms with Crippen LogP contribution in [0.2, 0.25) is 0 Å². The second kappa shape index (κ2) is 5.93. The molecule has 2 rings (SSSR count). The molecule has 0 radical (unpaired) electrons. The lowest BCUT2D eigenvalue weighted by Gasteiger charge is -2.15. The van der Waals surface area contributed by atoms with Crippen LogP contribution in [0, 0.1) is 11.6 Å². The summed E-state index contributed by atoms with van der Waals surface area (Å²) in [6.45, 7) is 3.62. The Morgan fingerprint density at radius 1 is 1.33 bits per heavy atom. The number of rotatable bonds is 3. The van der Waals surface area contributed by atoms with E-state index in [1.165, 1.54) is 6.20 Å². The van der Waals surface area contributed by atoms with Gasteiger partial charge in [0.15, 0.2) is 0 Å². The molecule has 0 fully saturated rings. The summed E-state index contributed by atoms with van der Waals surface area (Å²) in [5.74, 6) is 0.583. The summed E-state index contributed by atoms with van der Waals surface area (Å²) < 4.78 is 39.7. The maximum absolute atomic E-state index is 13.1. The third-order valence-corrected chi connectivity index (χ3v) is 3.48. The molecule has 0 unspecified atom stereocenters. The molecule has 3 nitrogen and oxygen atoms in total. The number of nitrogens with zero attached hydrogens (tertiary/aromatic N) is 2. The van der Waals surface area contributed by atoms with Gasteiger partial charge in [-0.25, -0.2) is 4.98 Å². The minimum Gasteiger partial charge on any atom is -0.343 e. The lowest BCUT2D eigenvalue weighted by atomic mass is 10.0. The van der Waals surface area contributed by atoms with Crippen molar-refractivity contribution in [3.05, 3.63) is 40.1 Å². The van der Waals surface area contributed by atoms with Crippen molar-refractivity contribution in [3.63, 3.8) is 0 Å². The molecule has 0 aliphatic carbocycles. The van der Waals surface area contributed by atoms with Crippen LogP contribution < -0.4 is 0 Å². The van der Waals surface area contributed by atoms with Crippen LogP contribution in [0.15, 0.2) is 18.5 Å². The van der Waals surface area contributed by atoms with Crippen LogP contribution in [0.4, 0.5) is 13.2 Å². The Hall–Kier alpha value is -1.76. The van der Waals surface area contributed by atoms with Crippen molar-refractivity contribution in [3.8, 4) is 11.3 Å². The molecule has 2 heterocycles. The predicted molar refractivity (Wildman–Crippen MR) is 76.4 cm³/mol. The molecule has 0 aliphatic rings. The highest BCUT2D eigenvalue weighted by Crippen LogP contribution is 2.36. The normalized spacial score (nSPS) is 11.7. The number of hydrogen-bond acceptors (Lipinski definition) is 3. The van der Waals surface area contributed by atoms with Crippen LogP contribution in [-0.2, 0) is 12.6 Å². The quantitative estimate of drug-likeness (QED) is 0.849. The van der Waals surface area contributed by atoms with E-state index in [-0.39, 0.29) is 5.56 Å². The van der Waals surface area contributed by atoms with Crippen LogP contribution in [-0.4, -0.2) is 15.0 Å². The monoisotopic (exact) mass is 313 g/mol. The van der Waals surface area contributed by atoms with Gasteiger partial charge in [0.05, 0.1) is 11.3 Å². The van der Waals surface area contributed by atoms with Crippen molar-refractivity contribution in [2.24, 2.45) is 0 Å². The highest BCUT2D eigenvalue weighted by molar-refractivity contribution is 7.71. The molecule has 7 heteroatoms. The average molecular weight is 313 g/mol. The molecule has 0 atom stereocenters. The molecule has 2 aromatic heterocycles. The van der Waals surface area contributed by atoms with Crippen molar-refractivity contribution in [1.82, 2.24) is 15.0 Å². The zero-order chi connectivity index (χ0) is 15.6. The smallest absolute Gasteiger partial charge is 0.343 e. The summed E-state index contributed by atoms with van der Waals surface area (Å²) in [5, 5.41) is 0. The van der Waals surface area contributed by atoms with Gasteiger partial charge in [-0.1, -0.05) is 19.1 Å². The Morgan fingerprint density at radius 2 is 2.05 bits per heavy atom. The first-order chi connectivity index (χ1) is 9.84. The third kappa shape index (κ3) is 3.29. The van der Waals surface area contributed by atoms with Gasteiger partial charge in [-0.05, 0) is 19.4 Å². The number of alkyl halides is 3. The first-order valence-electron chi connectivity index (χ1n) is 6.46. The van der Waals surface area contributed by atoms with E-state index in [9.17, 15) is 13.2 Å². The van der Waals surface area contributed by atoms with Crippen molar-refractivity contribution in [1.29, 1.82) is 0 Å². The van der Waals surface area contributed by atoms with Crippen molar-refractivity contribution in [2.45, 2.75) is 32.9 Å². The Balaban J connectivity index is 2.70. The number of H-pyrrole nitrogens is 1. The largest absolute Gasteiger partial charge is 0.417 e. The van der Waals surface area contributed by atoms with Gasteiger partial charge in [0.25, 0.3) is 0 Å². The molecular formula is C14H14F3N3S. The lowest BCUT2D eigenvalue weighted by Crippen LogP contribution is -2.09. The first-order valence-corrected chi connectivity index (χ1v) is 6.86. The van der Waals surface area contributed by atoms with Gasteiger partial charge in [0.2, 0.25) is 0 Å². The molecule has 112 valence electrons. The van der Waals surface area contributed by atoms with Gasteiger partial charge >= 0.3 is 6.18 Å². The first kappa shape index (κ1) is 15.6. The maximum Gasteiger partial charge on any atom is 0.417 e. The van der Waals surface area contributed by atoms with Crippen LogP contribution in [0.1, 0.15) is 30.3 Å². The Morgan fingerprint density at radius 3 is 2.67 bits per heavy atom. The fourth-order valence-corrected chi connectivity index (χ4v) is 2.26. The van der Waals surface area contributed by atoms with Gasteiger partial charge < -0.3 is 4.98 Å². The Kier molecular flexibility index (Phi) is 4.41. The summed E-state index contributed by atoms with van der Waals surface area (Å²) in [6, 6.07) is 0.964. The van der Waals surface area contributed by atoms with Crippen LogP contribution in [0.5, 0.6) is 0 Å². The van der Waals surface area contributed by atoms with Gasteiger partial charge in [0, 0.05) is 29.9 Å². The highest BCUT2D eigenvalue weighted by Gasteiger charge is 2.34. The second-order valence-corrected chi connectivity index (χ2v) is 5.04. The molecular weight excluding hydrogens is 299 g/mol. The van der Waals surface area contributed by atoms with Crippen molar-refractivity contribution < 1.29 is 13.2 Å². The third-order valence-electron chi connectivity index (χ3n) is 3.08. The highest BCUT2D eigenvalue weighted by atomic mass is 32.1. The Labute approximate surface area is 125 Å². The SMILES string of the molecule is CCCc1nc(=S)c(C)c(-c2cnccc2C(F)(F)F)[nH]1. The van der Waals surface area contributed by atoms with Gasteiger partial charge in [-0.3, -0.25) is 4.98 Å². The van der Waals surface area contributed by atoms with Gasteiger partial charge in [-0.2, -0.15) is 13.2 Å². The van der Waals surface area contributed by atoms with E-state index < -0.39 is 11.7 Å². The number of nitrogens with one attached hydrogen (secondary N) is 1. The van der Waals surface area contributed by atoms with E-state index in [0.717, 1.165) is 18.7 Å². The van der Waals surface area contributed by atoms with Gasteiger partial charge in [0.1, 0.15) is 10.5 Å². The van der Waals surface area contributed by atoms with Gasteiger partial charge in [-0.15, -0.1) is 0 Å². The predicted octanol–water partition coefficient (Wildman–Crippen LogP) is 4.48. The van der Waals surface area contributed by atoms with E-state index in [1.807, 2.05) is 6.92 Å². The summed E-state index contributed by atoms with van der Waals surface area (Å²) >= 11 is 5.15. The molecule has 0 bridgehead atoms. The minimum atomic E-state index is -4.45. The summed E-state index contributed by atoms with van der Waals surface area (Å²) in [4.78, 5) is 11.0. The summed E-state index contributed by atoms with van der Waals surface area (Å²) in [7, 11) is 0. The van der Waals surface area contributed by atoms with E-state index >= 15 is 0 Å².